The van der Waals surface area contributed by atoms with E-state index < -0.39 is 6.09 Å². The number of halogens is 1. The van der Waals surface area contributed by atoms with Crippen LogP contribution in [0.3, 0.4) is 0 Å². The van der Waals surface area contributed by atoms with E-state index in [1.165, 1.54) is 19.3 Å². The number of carboxylic acid groups (broad SMARTS) is 1. The van der Waals surface area contributed by atoms with E-state index in [-0.39, 0.29) is 23.4 Å². The standard InChI is InChI=1S/C27H31ClN6O3/c28-19-13-7-12-18(14-19)20-21-24(32-25(30-20)23(29)31-27(36)37)33-26(22(35)17-10-5-2-6-11-17)34(21)15-16-8-3-1-4-9-16/h7,12-14,16-17H,1-6,8-11,15H2,(H2,29,31)(H,36,37). The Morgan fingerprint density at radius 3 is 2.41 bits per heavy atom. The molecule has 3 N–H and O–H groups in total. The van der Waals surface area contributed by atoms with Crippen LogP contribution >= 0.6 is 11.6 Å². The van der Waals surface area contributed by atoms with E-state index in [4.69, 9.17) is 27.4 Å². The summed E-state index contributed by atoms with van der Waals surface area (Å²) >= 11 is 6.32. The van der Waals surface area contributed by atoms with Crippen molar-refractivity contribution in [1.29, 1.82) is 0 Å². The van der Waals surface area contributed by atoms with E-state index in [1.807, 2.05) is 16.7 Å². The Kier molecular flexibility index (Phi) is 7.50. The lowest BCUT2D eigenvalue weighted by molar-refractivity contribution is 0.0872. The Morgan fingerprint density at radius 1 is 1.03 bits per heavy atom. The van der Waals surface area contributed by atoms with Crippen molar-refractivity contribution in [3.8, 4) is 11.3 Å². The molecule has 1 aromatic carbocycles. The number of Topliss-reactive ketones (excluding diaryl/α,β-unsaturated/α-hetero) is 1. The number of amidine groups is 1. The average Bonchev–Trinajstić information content (AvgIpc) is 3.26. The van der Waals surface area contributed by atoms with E-state index in [0.717, 1.165) is 44.9 Å². The minimum atomic E-state index is -1.44. The van der Waals surface area contributed by atoms with Crippen LogP contribution in [-0.4, -0.2) is 42.3 Å². The highest BCUT2D eigenvalue weighted by Gasteiger charge is 2.30. The lowest BCUT2D eigenvalue weighted by Gasteiger charge is -2.25. The number of nitrogens with two attached hydrogens (primary N) is 1. The number of imidazole rings is 1. The van der Waals surface area contributed by atoms with Crippen molar-refractivity contribution in [3.05, 3.63) is 40.9 Å². The van der Waals surface area contributed by atoms with Crippen molar-refractivity contribution >= 4 is 40.5 Å². The van der Waals surface area contributed by atoms with Crippen molar-refractivity contribution in [2.75, 3.05) is 0 Å². The number of carbonyl (C=O) groups excluding carboxylic acids is 1. The largest absolute Gasteiger partial charge is 0.463 e. The maximum atomic E-state index is 13.8. The normalized spacial score (nSPS) is 17.8. The quantitative estimate of drug-likeness (QED) is 0.234. The van der Waals surface area contributed by atoms with Crippen LogP contribution < -0.4 is 5.73 Å². The van der Waals surface area contributed by atoms with Gasteiger partial charge in [-0.05, 0) is 43.7 Å². The molecular formula is C27H31ClN6O3. The van der Waals surface area contributed by atoms with Crippen LogP contribution in [0.1, 0.15) is 80.7 Å². The van der Waals surface area contributed by atoms with Gasteiger partial charge < -0.3 is 15.4 Å². The second-order valence-corrected chi connectivity index (χ2v) is 10.5. The number of aromatic nitrogens is 4. The smallest absolute Gasteiger partial charge is 0.433 e. The van der Waals surface area contributed by atoms with Crippen molar-refractivity contribution in [3.63, 3.8) is 0 Å². The van der Waals surface area contributed by atoms with Crippen LogP contribution in [-0.2, 0) is 6.54 Å². The molecule has 0 saturated heterocycles. The number of rotatable bonds is 6. The fraction of sp³-hybridized carbons (Fsp3) is 0.481. The molecule has 2 aliphatic carbocycles. The van der Waals surface area contributed by atoms with Crippen LogP contribution in [0, 0.1) is 11.8 Å². The summed E-state index contributed by atoms with van der Waals surface area (Å²) in [6, 6.07) is 7.22. The molecule has 37 heavy (non-hydrogen) atoms. The molecule has 5 rings (SSSR count). The Bertz CT molecular complexity index is 1360. The molecule has 2 aromatic heterocycles. The maximum absolute atomic E-state index is 13.8. The first kappa shape index (κ1) is 25.3. The SMILES string of the molecule is N/C(=N\C(=O)O)c1nc(-c2cccc(Cl)c2)c2c(n1)nc(C(=O)C1CCCCC1)n2CC1CCCCC1. The number of nitrogens with zero attached hydrogens (tertiary/aromatic N) is 5. The molecule has 0 spiro atoms. The first-order valence-corrected chi connectivity index (χ1v) is 13.4. The Morgan fingerprint density at radius 2 is 1.73 bits per heavy atom. The summed E-state index contributed by atoms with van der Waals surface area (Å²) < 4.78 is 2.01. The number of hydrogen-bond donors (Lipinski definition) is 2. The fourth-order valence-electron chi connectivity index (χ4n) is 5.68. The number of ketones is 1. The highest BCUT2D eigenvalue weighted by atomic mass is 35.5. The summed E-state index contributed by atoms with van der Waals surface area (Å²) in [5, 5.41) is 9.65. The number of fused-ring (bicyclic) bond motifs is 1. The molecule has 0 bridgehead atoms. The molecule has 3 aromatic rings. The second-order valence-electron chi connectivity index (χ2n) is 10.1. The van der Waals surface area contributed by atoms with Gasteiger partial charge in [-0.15, -0.1) is 0 Å². The summed E-state index contributed by atoms with van der Waals surface area (Å²) in [5.74, 6) is 0.421. The highest BCUT2D eigenvalue weighted by molar-refractivity contribution is 6.30. The zero-order chi connectivity index (χ0) is 25.9. The van der Waals surface area contributed by atoms with Gasteiger partial charge in [0.2, 0.25) is 5.78 Å². The van der Waals surface area contributed by atoms with Crippen molar-refractivity contribution in [2.24, 2.45) is 22.6 Å². The molecule has 2 heterocycles. The number of carbonyl (C=O) groups is 2. The molecule has 9 nitrogen and oxygen atoms in total. The number of aliphatic imine (C=N–C) groups is 1. The molecule has 2 saturated carbocycles. The number of hydrogen-bond acceptors (Lipinski definition) is 5. The fourth-order valence-corrected chi connectivity index (χ4v) is 5.87. The third kappa shape index (κ3) is 5.51. The second kappa shape index (κ2) is 11.0. The van der Waals surface area contributed by atoms with Crippen LogP contribution in [0.5, 0.6) is 0 Å². The minimum absolute atomic E-state index is 0.0410. The maximum Gasteiger partial charge on any atom is 0.433 e. The van der Waals surface area contributed by atoms with Gasteiger partial charge in [0.25, 0.3) is 0 Å². The van der Waals surface area contributed by atoms with E-state index in [1.54, 1.807) is 12.1 Å². The Labute approximate surface area is 220 Å². The molecule has 1 amide bonds. The van der Waals surface area contributed by atoms with E-state index in [2.05, 4.69) is 15.0 Å². The third-order valence-electron chi connectivity index (χ3n) is 7.51. The zero-order valence-corrected chi connectivity index (χ0v) is 21.5. The molecule has 10 heteroatoms. The van der Waals surface area contributed by atoms with Crippen molar-refractivity contribution < 1.29 is 14.7 Å². The van der Waals surface area contributed by atoms with Crippen LogP contribution in [0.4, 0.5) is 4.79 Å². The molecule has 194 valence electrons. The summed E-state index contributed by atoms with van der Waals surface area (Å²) in [7, 11) is 0. The zero-order valence-electron chi connectivity index (χ0n) is 20.7. The summed E-state index contributed by atoms with van der Waals surface area (Å²) in [5.41, 5.74) is 8.09. The van der Waals surface area contributed by atoms with Gasteiger partial charge in [-0.25, -0.2) is 19.7 Å². The Hall–Kier alpha value is -3.33. The monoisotopic (exact) mass is 522 g/mol. The summed E-state index contributed by atoms with van der Waals surface area (Å²) in [6.45, 7) is 0.652. The lowest BCUT2D eigenvalue weighted by Crippen LogP contribution is -2.24. The van der Waals surface area contributed by atoms with Gasteiger partial charge >= 0.3 is 6.09 Å². The molecule has 0 unspecified atom stereocenters. The van der Waals surface area contributed by atoms with Gasteiger partial charge in [-0.2, -0.15) is 4.99 Å². The van der Waals surface area contributed by atoms with E-state index in [9.17, 15) is 9.59 Å². The third-order valence-corrected chi connectivity index (χ3v) is 7.74. The van der Waals surface area contributed by atoms with Gasteiger partial charge in [0.05, 0.1) is 0 Å². The van der Waals surface area contributed by atoms with E-state index in [0.29, 0.717) is 45.7 Å². The van der Waals surface area contributed by atoms with Crippen LogP contribution in [0.25, 0.3) is 22.4 Å². The summed E-state index contributed by atoms with van der Waals surface area (Å²) in [4.78, 5) is 42.3. The predicted molar refractivity (Wildman–Crippen MR) is 142 cm³/mol. The number of amides is 1. The molecule has 0 atom stereocenters. The molecule has 2 fully saturated rings. The topological polar surface area (TPSA) is 136 Å². The van der Waals surface area contributed by atoms with Gasteiger partial charge in [0.15, 0.2) is 23.1 Å². The van der Waals surface area contributed by atoms with E-state index >= 15 is 0 Å². The van der Waals surface area contributed by atoms with Crippen molar-refractivity contribution in [2.45, 2.75) is 70.8 Å². The lowest BCUT2D eigenvalue weighted by atomic mass is 9.85. The molecular weight excluding hydrogens is 492 g/mol. The van der Waals surface area contributed by atoms with Gasteiger partial charge in [-0.3, -0.25) is 4.79 Å². The predicted octanol–water partition coefficient (Wildman–Crippen LogP) is 5.87. The summed E-state index contributed by atoms with van der Waals surface area (Å²) in [6.07, 6.45) is 9.29. The van der Waals surface area contributed by atoms with Gasteiger partial charge in [0.1, 0.15) is 11.2 Å². The first-order chi connectivity index (χ1) is 17.9. The molecule has 0 radical (unpaired) electrons. The Balaban J connectivity index is 1.73. The number of benzene rings is 1. The molecule has 2 aliphatic rings. The first-order valence-electron chi connectivity index (χ1n) is 13.1. The highest BCUT2D eigenvalue weighted by Crippen LogP contribution is 2.34. The average molecular weight is 523 g/mol. The van der Waals surface area contributed by atoms with Gasteiger partial charge in [0, 0.05) is 23.0 Å². The van der Waals surface area contributed by atoms with Crippen LogP contribution in [0.2, 0.25) is 5.02 Å². The minimum Gasteiger partial charge on any atom is -0.463 e. The van der Waals surface area contributed by atoms with Crippen molar-refractivity contribution in [1.82, 2.24) is 19.5 Å². The molecule has 0 aliphatic heterocycles. The van der Waals surface area contributed by atoms with Gasteiger partial charge in [-0.1, -0.05) is 62.3 Å². The van der Waals surface area contributed by atoms with Crippen LogP contribution in [0.15, 0.2) is 29.3 Å².